The van der Waals surface area contributed by atoms with Crippen LogP contribution in [0, 0.1) is 0 Å². The standard InChI is InChI=1S/C21H24Cl2N2O5/c1-24-9-5-6-10-30-19-15(22)12-14(18(26)17(19)23)20(27)25-16(21(28)29)11-13-7-3-2-4-8-13/h2-4,7-8,12,16,24,26H,5-6,9-11H2,1H3,(H,25,27)(H,28,29). The topological polar surface area (TPSA) is 108 Å². The summed E-state index contributed by atoms with van der Waals surface area (Å²) in [7, 11) is 1.85. The first kappa shape index (κ1) is 23.8. The summed E-state index contributed by atoms with van der Waals surface area (Å²) in [5, 5.41) is 25.1. The van der Waals surface area contributed by atoms with E-state index in [-0.39, 0.29) is 27.8 Å². The lowest BCUT2D eigenvalue weighted by molar-refractivity contribution is -0.139. The molecule has 4 N–H and O–H groups in total. The predicted octanol–water partition coefficient (Wildman–Crippen LogP) is 3.50. The molecule has 7 nitrogen and oxygen atoms in total. The number of halogens is 2. The molecule has 0 spiro atoms. The smallest absolute Gasteiger partial charge is 0.326 e. The number of carboxylic acid groups (broad SMARTS) is 1. The van der Waals surface area contributed by atoms with Crippen LogP contribution in [0.2, 0.25) is 10.0 Å². The molecule has 0 fully saturated rings. The van der Waals surface area contributed by atoms with Gasteiger partial charge in [-0.15, -0.1) is 0 Å². The number of benzene rings is 2. The van der Waals surface area contributed by atoms with Gasteiger partial charge in [0.05, 0.1) is 17.2 Å². The van der Waals surface area contributed by atoms with Crippen LogP contribution in [-0.2, 0) is 11.2 Å². The number of carbonyl (C=O) groups excluding carboxylic acids is 1. The number of aromatic hydroxyl groups is 1. The van der Waals surface area contributed by atoms with Crippen molar-refractivity contribution in [2.24, 2.45) is 0 Å². The first-order chi connectivity index (χ1) is 14.3. The molecule has 1 unspecified atom stereocenters. The number of phenolic OH excluding ortho intramolecular Hbond substituents is 1. The van der Waals surface area contributed by atoms with Crippen LogP contribution in [0.3, 0.4) is 0 Å². The second kappa shape index (κ2) is 11.6. The number of nitrogens with one attached hydrogen (secondary N) is 2. The molecule has 1 amide bonds. The molecule has 0 saturated heterocycles. The Kier molecular flexibility index (Phi) is 9.23. The molecule has 0 saturated carbocycles. The van der Waals surface area contributed by atoms with E-state index in [1.165, 1.54) is 6.07 Å². The summed E-state index contributed by atoms with van der Waals surface area (Å²) < 4.78 is 5.55. The Hall–Kier alpha value is -2.48. The molecule has 0 aromatic heterocycles. The van der Waals surface area contributed by atoms with Gasteiger partial charge in [-0.05, 0) is 38.1 Å². The Balaban J connectivity index is 2.13. The fraction of sp³-hybridized carbons (Fsp3) is 0.333. The van der Waals surface area contributed by atoms with Gasteiger partial charge >= 0.3 is 5.97 Å². The van der Waals surface area contributed by atoms with Crippen molar-refractivity contribution in [1.82, 2.24) is 10.6 Å². The Bertz CT molecular complexity index is 877. The summed E-state index contributed by atoms with van der Waals surface area (Å²) in [4.78, 5) is 24.2. The Labute approximate surface area is 185 Å². The van der Waals surface area contributed by atoms with Crippen molar-refractivity contribution in [1.29, 1.82) is 0 Å². The molecular formula is C21H24Cl2N2O5. The normalized spacial score (nSPS) is 11.7. The average Bonchev–Trinajstić information content (AvgIpc) is 2.72. The van der Waals surface area contributed by atoms with Gasteiger partial charge in [0.25, 0.3) is 5.91 Å². The molecule has 30 heavy (non-hydrogen) atoms. The van der Waals surface area contributed by atoms with E-state index in [1.807, 2.05) is 13.1 Å². The molecule has 0 bridgehead atoms. The maximum atomic E-state index is 12.6. The van der Waals surface area contributed by atoms with Crippen LogP contribution < -0.4 is 15.4 Å². The van der Waals surface area contributed by atoms with Gasteiger partial charge in [0.2, 0.25) is 0 Å². The van der Waals surface area contributed by atoms with Crippen molar-refractivity contribution < 1.29 is 24.5 Å². The van der Waals surface area contributed by atoms with Crippen LogP contribution in [0.1, 0.15) is 28.8 Å². The van der Waals surface area contributed by atoms with Crippen LogP contribution in [0.5, 0.6) is 11.5 Å². The van der Waals surface area contributed by atoms with Gasteiger partial charge in [-0.2, -0.15) is 0 Å². The Morgan fingerprint density at radius 2 is 1.87 bits per heavy atom. The van der Waals surface area contributed by atoms with E-state index >= 15 is 0 Å². The molecule has 162 valence electrons. The summed E-state index contributed by atoms with van der Waals surface area (Å²) in [6, 6.07) is 8.90. The van der Waals surface area contributed by atoms with Crippen molar-refractivity contribution >= 4 is 35.1 Å². The van der Waals surface area contributed by atoms with Gasteiger partial charge in [0, 0.05) is 6.42 Å². The van der Waals surface area contributed by atoms with Crippen molar-refractivity contribution in [2.45, 2.75) is 25.3 Å². The summed E-state index contributed by atoms with van der Waals surface area (Å²) in [6.07, 6.45) is 1.71. The zero-order valence-corrected chi connectivity index (χ0v) is 18.0. The predicted molar refractivity (Wildman–Crippen MR) is 116 cm³/mol. The SMILES string of the molecule is CNCCCCOc1c(Cl)cc(C(=O)NC(Cc2ccccc2)C(=O)O)c(O)c1Cl. The molecule has 0 aliphatic rings. The third-order valence-electron chi connectivity index (χ3n) is 4.35. The number of hydrogen-bond donors (Lipinski definition) is 4. The van der Waals surface area contributed by atoms with Crippen molar-refractivity contribution in [3.05, 3.63) is 57.6 Å². The fourth-order valence-corrected chi connectivity index (χ4v) is 3.33. The van der Waals surface area contributed by atoms with E-state index in [4.69, 9.17) is 27.9 Å². The summed E-state index contributed by atoms with van der Waals surface area (Å²) in [6.45, 7) is 1.17. The molecule has 9 heteroatoms. The quantitative estimate of drug-likeness (QED) is 0.387. The Morgan fingerprint density at radius 1 is 1.17 bits per heavy atom. The molecule has 1 atom stereocenters. The number of unbranched alkanes of at least 4 members (excludes halogenated alkanes) is 1. The first-order valence-corrected chi connectivity index (χ1v) is 10.2. The highest BCUT2D eigenvalue weighted by molar-refractivity contribution is 6.39. The largest absolute Gasteiger partial charge is 0.505 e. The third kappa shape index (κ3) is 6.52. The number of aliphatic carboxylic acids is 1. The van der Waals surface area contributed by atoms with Gasteiger partial charge < -0.3 is 25.6 Å². The third-order valence-corrected chi connectivity index (χ3v) is 4.98. The number of hydrogen-bond acceptors (Lipinski definition) is 5. The monoisotopic (exact) mass is 454 g/mol. The minimum Gasteiger partial charge on any atom is -0.505 e. The van der Waals surface area contributed by atoms with E-state index in [0.29, 0.717) is 6.61 Å². The Morgan fingerprint density at radius 3 is 2.50 bits per heavy atom. The van der Waals surface area contributed by atoms with E-state index in [0.717, 1.165) is 24.9 Å². The summed E-state index contributed by atoms with van der Waals surface area (Å²) in [5.74, 6) is -2.45. The highest BCUT2D eigenvalue weighted by Gasteiger charge is 2.26. The molecule has 2 aromatic carbocycles. The lowest BCUT2D eigenvalue weighted by atomic mass is 10.1. The number of amides is 1. The molecular weight excluding hydrogens is 431 g/mol. The lowest BCUT2D eigenvalue weighted by Crippen LogP contribution is -2.42. The van der Waals surface area contributed by atoms with Crippen LogP contribution in [0.4, 0.5) is 0 Å². The number of ether oxygens (including phenoxy) is 1. The average molecular weight is 455 g/mol. The van der Waals surface area contributed by atoms with E-state index in [2.05, 4.69) is 10.6 Å². The minimum absolute atomic E-state index is 0.0477. The molecule has 0 aliphatic carbocycles. The van der Waals surface area contributed by atoms with Gasteiger partial charge in [-0.3, -0.25) is 4.79 Å². The van der Waals surface area contributed by atoms with Gasteiger partial charge in [-0.25, -0.2) is 4.79 Å². The van der Waals surface area contributed by atoms with Crippen molar-refractivity contribution in [3.63, 3.8) is 0 Å². The van der Waals surface area contributed by atoms with Crippen LogP contribution in [0.15, 0.2) is 36.4 Å². The molecule has 2 rings (SSSR count). The van der Waals surface area contributed by atoms with Crippen LogP contribution in [-0.4, -0.2) is 48.3 Å². The first-order valence-electron chi connectivity index (χ1n) is 9.41. The van der Waals surface area contributed by atoms with Crippen molar-refractivity contribution in [2.75, 3.05) is 20.2 Å². The fourth-order valence-electron chi connectivity index (χ4n) is 2.76. The zero-order chi connectivity index (χ0) is 22.1. The maximum absolute atomic E-state index is 12.6. The molecule has 0 aliphatic heterocycles. The molecule has 0 radical (unpaired) electrons. The highest BCUT2D eigenvalue weighted by atomic mass is 35.5. The minimum atomic E-state index is -1.20. The summed E-state index contributed by atoms with van der Waals surface area (Å²) >= 11 is 12.3. The van der Waals surface area contributed by atoms with Gasteiger partial charge in [0.15, 0.2) is 11.5 Å². The van der Waals surface area contributed by atoms with E-state index < -0.39 is 23.7 Å². The van der Waals surface area contributed by atoms with E-state index in [1.54, 1.807) is 24.3 Å². The highest BCUT2D eigenvalue weighted by Crippen LogP contribution is 2.42. The van der Waals surface area contributed by atoms with Crippen molar-refractivity contribution in [3.8, 4) is 11.5 Å². The van der Waals surface area contributed by atoms with Crippen LogP contribution in [0.25, 0.3) is 0 Å². The second-order valence-electron chi connectivity index (χ2n) is 6.61. The zero-order valence-electron chi connectivity index (χ0n) is 16.5. The summed E-state index contributed by atoms with van der Waals surface area (Å²) in [5.41, 5.74) is 0.513. The number of carbonyl (C=O) groups is 2. The van der Waals surface area contributed by atoms with Crippen LogP contribution >= 0.6 is 23.2 Å². The molecule has 0 heterocycles. The van der Waals surface area contributed by atoms with Gasteiger partial charge in [0.1, 0.15) is 11.1 Å². The van der Waals surface area contributed by atoms with E-state index in [9.17, 15) is 19.8 Å². The second-order valence-corrected chi connectivity index (χ2v) is 7.40. The van der Waals surface area contributed by atoms with Gasteiger partial charge in [-0.1, -0.05) is 53.5 Å². The maximum Gasteiger partial charge on any atom is 0.326 e. The number of carboxylic acids is 1. The molecule has 2 aromatic rings. The number of phenols is 1. The number of rotatable bonds is 11. The lowest BCUT2D eigenvalue weighted by Gasteiger charge is -2.17.